The van der Waals surface area contributed by atoms with Crippen molar-refractivity contribution in [3.8, 4) is 0 Å². The van der Waals surface area contributed by atoms with E-state index in [0.717, 1.165) is 0 Å². The Bertz CT molecular complexity index is 126. The molecule has 1 saturated heterocycles. The van der Waals surface area contributed by atoms with Crippen LogP contribution in [-0.2, 0) is 9.47 Å². The molecule has 0 bridgehead atoms. The minimum Gasteiger partial charge on any atom is -0.391 e. The van der Waals surface area contributed by atoms with Gasteiger partial charge in [0.15, 0.2) is 6.29 Å². The second-order valence-electron chi connectivity index (χ2n) is 2.81. The van der Waals surface area contributed by atoms with E-state index in [-0.39, 0.29) is 6.29 Å². The lowest BCUT2D eigenvalue weighted by atomic mass is 10.1. The van der Waals surface area contributed by atoms with Gasteiger partial charge in [-0.1, -0.05) is 0 Å². The Kier molecular flexibility index (Phi) is 2.84. The van der Waals surface area contributed by atoms with Crippen LogP contribution in [0.2, 0.25) is 0 Å². The third-order valence-corrected chi connectivity index (χ3v) is 1.86. The molecule has 1 rings (SSSR count). The molecule has 0 amide bonds. The lowest BCUT2D eigenvalue weighted by Crippen LogP contribution is -2.32. The highest BCUT2D eigenvalue weighted by Crippen LogP contribution is 2.22. The molecule has 0 saturated carbocycles. The van der Waals surface area contributed by atoms with Crippen molar-refractivity contribution >= 4 is 0 Å². The lowest BCUT2D eigenvalue weighted by molar-refractivity contribution is -0.141. The maximum absolute atomic E-state index is 9.30. The van der Waals surface area contributed by atoms with E-state index in [9.17, 15) is 5.11 Å². The van der Waals surface area contributed by atoms with Crippen molar-refractivity contribution in [2.45, 2.75) is 37.9 Å². The molecule has 0 unspecified atom stereocenters. The summed E-state index contributed by atoms with van der Waals surface area (Å²) < 4.78 is 10.0. The summed E-state index contributed by atoms with van der Waals surface area (Å²) in [5, 5.41) is 18.4. The molecule has 1 aliphatic rings. The van der Waals surface area contributed by atoms with Crippen molar-refractivity contribution in [3.63, 3.8) is 0 Å². The molecular formula is C7H14O4. The first-order valence-corrected chi connectivity index (χ1v) is 3.69. The SMILES string of the molecule is CO[C@H]1C[C@@H](O)[C@@H]([C@@H](C)O)O1. The molecular weight excluding hydrogens is 148 g/mol. The quantitative estimate of drug-likeness (QED) is 0.574. The Morgan fingerprint density at radius 2 is 2.27 bits per heavy atom. The van der Waals surface area contributed by atoms with Crippen LogP contribution in [0.4, 0.5) is 0 Å². The Morgan fingerprint density at radius 1 is 1.64 bits per heavy atom. The predicted octanol–water partition coefficient (Wildman–Crippen LogP) is -0.510. The molecule has 66 valence electrons. The van der Waals surface area contributed by atoms with E-state index in [2.05, 4.69) is 0 Å². The van der Waals surface area contributed by atoms with Gasteiger partial charge >= 0.3 is 0 Å². The van der Waals surface area contributed by atoms with E-state index >= 15 is 0 Å². The minimum absolute atomic E-state index is 0.371. The van der Waals surface area contributed by atoms with Crippen molar-refractivity contribution in [2.75, 3.05) is 7.11 Å². The second kappa shape index (κ2) is 3.49. The number of aliphatic hydroxyl groups is 2. The van der Waals surface area contributed by atoms with E-state index in [4.69, 9.17) is 14.6 Å². The maximum Gasteiger partial charge on any atom is 0.160 e. The summed E-state index contributed by atoms with van der Waals surface area (Å²) in [7, 11) is 1.52. The van der Waals surface area contributed by atoms with Gasteiger partial charge in [-0.2, -0.15) is 0 Å². The number of aliphatic hydroxyl groups excluding tert-OH is 2. The Labute approximate surface area is 65.7 Å². The lowest BCUT2D eigenvalue weighted by Gasteiger charge is -2.16. The molecule has 0 aromatic heterocycles. The minimum atomic E-state index is -0.648. The second-order valence-corrected chi connectivity index (χ2v) is 2.81. The average molecular weight is 162 g/mol. The van der Waals surface area contributed by atoms with Crippen LogP contribution in [0.15, 0.2) is 0 Å². The van der Waals surface area contributed by atoms with Crippen molar-refractivity contribution in [1.29, 1.82) is 0 Å². The Morgan fingerprint density at radius 3 is 2.55 bits per heavy atom. The molecule has 0 spiro atoms. The van der Waals surface area contributed by atoms with Crippen LogP contribution in [0.1, 0.15) is 13.3 Å². The highest BCUT2D eigenvalue weighted by Gasteiger charge is 2.36. The monoisotopic (exact) mass is 162 g/mol. The van der Waals surface area contributed by atoms with Gasteiger partial charge in [0.2, 0.25) is 0 Å². The van der Waals surface area contributed by atoms with Gasteiger partial charge in [0.05, 0.1) is 12.2 Å². The largest absolute Gasteiger partial charge is 0.391 e. The van der Waals surface area contributed by atoms with Gasteiger partial charge in [0, 0.05) is 13.5 Å². The molecule has 1 aliphatic heterocycles. The zero-order valence-electron chi connectivity index (χ0n) is 6.73. The van der Waals surface area contributed by atoms with Crippen molar-refractivity contribution in [2.24, 2.45) is 0 Å². The number of methoxy groups -OCH3 is 1. The normalized spacial score (nSPS) is 40.9. The number of ether oxygens (including phenoxy) is 2. The number of hydrogen-bond acceptors (Lipinski definition) is 4. The van der Waals surface area contributed by atoms with Crippen LogP contribution in [0.25, 0.3) is 0 Å². The van der Waals surface area contributed by atoms with Gasteiger partial charge in [-0.05, 0) is 6.92 Å². The summed E-state index contributed by atoms with van der Waals surface area (Å²) in [5.41, 5.74) is 0. The molecule has 4 nitrogen and oxygen atoms in total. The summed E-state index contributed by atoms with van der Waals surface area (Å²) in [5.74, 6) is 0. The highest BCUT2D eigenvalue weighted by molar-refractivity contribution is 4.81. The fourth-order valence-corrected chi connectivity index (χ4v) is 1.24. The molecule has 1 fully saturated rings. The molecule has 0 aromatic carbocycles. The van der Waals surface area contributed by atoms with Crippen LogP contribution in [0, 0.1) is 0 Å². The van der Waals surface area contributed by atoms with Crippen molar-refractivity contribution in [3.05, 3.63) is 0 Å². The highest BCUT2D eigenvalue weighted by atomic mass is 16.7. The smallest absolute Gasteiger partial charge is 0.160 e. The van der Waals surface area contributed by atoms with Gasteiger partial charge in [0.1, 0.15) is 6.10 Å². The standard InChI is InChI=1S/C7H14O4/c1-4(8)7-5(9)3-6(10-2)11-7/h4-9H,3H2,1-2H3/t4-,5-,6-,7-/m1/s1. The third kappa shape index (κ3) is 1.90. The zero-order chi connectivity index (χ0) is 8.43. The number of hydrogen-bond donors (Lipinski definition) is 2. The van der Waals surface area contributed by atoms with Gasteiger partial charge < -0.3 is 19.7 Å². The summed E-state index contributed by atoms with van der Waals surface area (Å²) in [6.07, 6.45) is -1.69. The van der Waals surface area contributed by atoms with E-state index in [1.165, 1.54) is 7.11 Å². The third-order valence-electron chi connectivity index (χ3n) is 1.86. The van der Waals surface area contributed by atoms with Gasteiger partial charge in [-0.25, -0.2) is 0 Å². The first-order valence-electron chi connectivity index (χ1n) is 3.69. The van der Waals surface area contributed by atoms with E-state index in [0.29, 0.717) is 6.42 Å². The summed E-state index contributed by atoms with van der Waals surface area (Å²) >= 11 is 0. The first-order chi connectivity index (χ1) is 5.15. The van der Waals surface area contributed by atoms with Crippen molar-refractivity contribution < 1.29 is 19.7 Å². The van der Waals surface area contributed by atoms with Crippen LogP contribution >= 0.6 is 0 Å². The van der Waals surface area contributed by atoms with Crippen LogP contribution in [0.5, 0.6) is 0 Å². The van der Waals surface area contributed by atoms with Gasteiger partial charge in [-0.3, -0.25) is 0 Å². The van der Waals surface area contributed by atoms with Gasteiger partial charge in [-0.15, -0.1) is 0 Å². The molecule has 0 radical (unpaired) electrons. The van der Waals surface area contributed by atoms with E-state index < -0.39 is 18.3 Å². The molecule has 11 heavy (non-hydrogen) atoms. The molecule has 0 aromatic rings. The average Bonchev–Trinajstić information content (AvgIpc) is 2.30. The van der Waals surface area contributed by atoms with Crippen LogP contribution < -0.4 is 0 Å². The fourth-order valence-electron chi connectivity index (χ4n) is 1.24. The molecule has 4 heteroatoms. The molecule has 0 aliphatic carbocycles. The summed E-state index contributed by atoms with van der Waals surface area (Å²) in [6.45, 7) is 1.59. The van der Waals surface area contributed by atoms with Gasteiger partial charge in [0.25, 0.3) is 0 Å². The molecule has 4 atom stereocenters. The first kappa shape index (κ1) is 8.93. The van der Waals surface area contributed by atoms with Crippen molar-refractivity contribution in [1.82, 2.24) is 0 Å². The zero-order valence-corrected chi connectivity index (χ0v) is 6.73. The Balaban J connectivity index is 2.45. The molecule has 2 N–H and O–H groups in total. The van der Waals surface area contributed by atoms with Crippen LogP contribution in [-0.4, -0.2) is 41.9 Å². The predicted molar refractivity (Wildman–Crippen MR) is 38.0 cm³/mol. The summed E-state index contributed by atoms with van der Waals surface area (Å²) in [4.78, 5) is 0. The fraction of sp³-hybridized carbons (Fsp3) is 1.00. The molecule has 1 heterocycles. The maximum atomic E-state index is 9.30. The topological polar surface area (TPSA) is 58.9 Å². The summed E-state index contributed by atoms with van der Waals surface area (Å²) in [6, 6.07) is 0. The number of rotatable bonds is 2. The van der Waals surface area contributed by atoms with Crippen LogP contribution in [0.3, 0.4) is 0 Å². The van der Waals surface area contributed by atoms with E-state index in [1.54, 1.807) is 6.92 Å². The van der Waals surface area contributed by atoms with E-state index in [1.807, 2.05) is 0 Å². The Hall–Kier alpha value is -0.160.